The number of sulfonamides is 2. The smallest absolute Gasteiger partial charge is 0.326 e. The van der Waals surface area contributed by atoms with Gasteiger partial charge in [-0.1, -0.05) is 11.3 Å². The maximum absolute atomic E-state index is 13.1. The number of amides is 1. The van der Waals surface area contributed by atoms with Crippen molar-refractivity contribution in [2.45, 2.75) is 49.3 Å². The van der Waals surface area contributed by atoms with Crippen LogP contribution in [0.2, 0.25) is 0 Å². The highest BCUT2D eigenvalue weighted by atomic mass is 32.2. The van der Waals surface area contributed by atoms with Gasteiger partial charge in [-0.15, -0.1) is 0 Å². The van der Waals surface area contributed by atoms with Crippen LogP contribution in [0.5, 0.6) is 0 Å². The van der Waals surface area contributed by atoms with Crippen LogP contribution in [0.3, 0.4) is 0 Å². The summed E-state index contributed by atoms with van der Waals surface area (Å²) in [5.74, 6) is -1.24. The normalized spacial score (nSPS) is 19.3. The molecular formula is C24H28N4O8S3. The molecule has 2 heterocycles. The number of aromatic nitrogens is 1. The van der Waals surface area contributed by atoms with Gasteiger partial charge in [0, 0.05) is 18.7 Å². The Labute approximate surface area is 229 Å². The van der Waals surface area contributed by atoms with E-state index in [4.69, 9.17) is 14.6 Å². The quantitative estimate of drug-likeness (QED) is 0.400. The number of thiazole rings is 1. The molecular weight excluding hydrogens is 568 g/mol. The molecule has 4 rings (SSSR count). The van der Waals surface area contributed by atoms with Crippen LogP contribution in [-0.4, -0.2) is 69.5 Å². The van der Waals surface area contributed by atoms with Crippen molar-refractivity contribution in [3.8, 4) is 0 Å². The molecule has 0 aliphatic carbocycles. The van der Waals surface area contributed by atoms with E-state index in [9.17, 15) is 26.4 Å². The zero-order chi connectivity index (χ0) is 28.5. The Morgan fingerprint density at radius 2 is 1.67 bits per heavy atom. The predicted octanol–water partition coefficient (Wildman–Crippen LogP) is 1.45. The van der Waals surface area contributed by atoms with E-state index in [1.54, 1.807) is 20.8 Å². The Bertz CT molecular complexity index is 1680. The van der Waals surface area contributed by atoms with Crippen molar-refractivity contribution >= 4 is 53.5 Å². The second-order valence-corrected chi connectivity index (χ2v) is 13.5. The lowest BCUT2D eigenvalue weighted by atomic mass is 10.2. The van der Waals surface area contributed by atoms with Crippen molar-refractivity contribution < 1.29 is 35.9 Å². The van der Waals surface area contributed by atoms with Gasteiger partial charge in [0.15, 0.2) is 4.80 Å². The summed E-state index contributed by atoms with van der Waals surface area (Å²) < 4.78 is 63.7. The lowest BCUT2D eigenvalue weighted by molar-refractivity contribution is -0.143. The van der Waals surface area contributed by atoms with Gasteiger partial charge in [-0.3, -0.25) is 9.59 Å². The highest BCUT2D eigenvalue weighted by Crippen LogP contribution is 2.23. The van der Waals surface area contributed by atoms with Gasteiger partial charge in [0.2, 0.25) is 20.0 Å². The topological polar surface area (TPSA) is 167 Å². The van der Waals surface area contributed by atoms with Crippen molar-refractivity contribution in [1.82, 2.24) is 8.87 Å². The fraction of sp³-hybridized carbons (Fsp3) is 0.375. The molecule has 39 heavy (non-hydrogen) atoms. The number of esters is 1. The number of carbonyl (C=O) groups excluding carboxylic acids is 2. The van der Waals surface area contributed by atoms with Crippen molar-refractivity contribution in [2.24, 2.45) is 10.1 Å². The van der Waals surface area contributed by atoms with Gasteiger partial charge in [-0.25, -0.2) is 22.0 Å². The monoisotopic (exact) mass is 596 g/mol. The molecule has 1 amide bonds. The summed E-state index contributed by atoms with van der Waals surface area (Å²) in [7, 11) is -7.77. The number of nitrogens with zero attached hydrogens (tertiary/aromatic N) is 3. The van der Waals surface area contributed by atoms with Crippen molar-refractivity contribution in [1.29, 1.82) is 0 Å². The Balaban J connectivity index is 1.69. The number of benzene rings is 2. The third-order valence-corrected chi connectivity index (χ3v) is 9.70. The maximum atomic E-state index is 13.1. The molecule has 2 atom stereocenters. The molecule has 1 saturated heterocycles. The van der Waals surface area contributed by atoms with Crippen LogP contribution in [-0.2, 0) is 40.9 Å². The van der Waals surface area contributed by atoms with Crippen LogP contribution in [0.25, 0.3) is 10.2 Å². The fourth-order valence-corrected chi connectivity index (χ4v) is 7.47. The van der Waals surface area contributed by atoms with Crippen molar-refractivity contribution in [3.05, 3.63) is 52.8 Å². The molecule has 0 saturated carbocycles. The van der Waals surface area contributed by atoms with E-state index in [0.717, 1.165) is 11.3 Å². The van der Waals surface area contributed by atoms with Gasteiger partial charge < -0.3 is 14.0 Å². The number of ether oxygens (including phenoxy) is 2. The van der Waals surface area contributed by atoms with Crippen molar-refractivity contribution in [3.63, 3.8) is 0 Å². The summed E-state index contributed by atoms with van der Waals surface area (Å²) in [6, 6.07) is 9.54. The molecule has 1 aliphatic rings. The summed E-state index contributed by atoms with van der Waals surface area (Å²) in [5, 5.41) is 5.24. The SMILES string of the molecule is CCOC(=O)Cn1c(=NC(=O)c2ccc(S(=O)(=O)N3C[C@@H](C)O[C@@H](C)C3)cc2)sc2cc(S(N)(=O)=O)ccc21. The molecule has 1 aromatic heterocycles. The molecule has 2 aromatic carbocycles. The van der Waals surface area contributed by atoms with E-state index in [-0.39, 0.29) is 58.6 Å². The van der Waals surface area contributed by atoms with E-state index in [1.807, 2.05) is 0 Å². The molecule has 210 valence electrons. The average molecular weight is 597 g/mol. The summed E-state index contributed by atoms with van der Waals surface area (Å²) in [6.45, 7) is 5.61. The van der Waals surface area contributed by atoms with Crippen LogP contribution in [0.1, 0.15) is 31.1 Å². The number of carbonyl (C=O) groups is 2. The minimum atomic E-state index is -3.98. The largest absolute Gasteiger partial charge is 0.465 e. The number of hydrogen-bond donors (Lipinski definition) is 1. The van der Waals surface area contributed by atoms with E-state index in [0.29, 0.717) is 10.2 Å². The van der Waals surface area contributed by atoms with Crippen LogP contribution in [0, 0.1) is 0 Å². The summed E-state index contributed by atoms with van der Waals surface area (Å²) in [4.78, 5) is 29.5. The van der Waals surface area contributed by atoms with E-state index in [1.165, 1.54) is 51.3 Å². The van der Waals surface area contributed by atoms with Crippen LogP contribution >= 0.6 is 11.3 Å². The van der Waals surface area contributed by atoms with Crippen LogP contribution < -0.4 is 9.94 Å². The summed E-state index contributed by atoms with van der Waals surface area (Å²) in [6.07, 6.45) is -0.487. The molecule has 1 aliphatic heterocycles. The first-order valence-electron chi connectivity index (χ1n) is 12.0. The molecule has 0 radical (unpaired) electrons. The third-order valence-electron chi connectivity index (χ3n) is 5.90. The highest BCUT2D eigenvalue weighted by molar-refractivity contribution is 7.89. The summed E-state index contributed by atoms with van der Waals surface area (Å²) >= 11 is 0.997. The predicted molar refractivity (Wildman–Crippen MR) is 143 cm³/mol. The van der Waals surface area contributed by atoms with Gasteiger partial charge in [0.1, 0.15) is 6.54 Å². The first-order valence-corrected chi connectivity index (χ1v) is 15.8. The summed E-state index contributed by atoms with van der Waals surface area (Å²) in [5.41, 5.74) is 0.588. The lowest BCUT2D eigenvalue weighted by Crippen LogP contribution is -2.48. The number of hydrogen-bond acceptors (Lipinski definition) is 9. The maximum Gasteiger partial charge on any atom is 0.326 e. The van der Waals surface area contributed by atoms with Gasteiger partial charge >= 0.3 is 5.97 Å². The Hall–Kier alpha value is -2.95. The highest BCUT2D eigenvalue weighted by Gasteiger charge is 2.32. The van der Waals surface area contributed by atoms with E-state index < -0.39 is 31.9 Å². The first kappa shape index (κ1) is 29.0. The molecule has 3 aromatic rings. The molecule has 0 bridgehead atoms. The molecule has 0 spiro atoms. The number of primary sulfonamides is 1. The Kier molecular flexibility index (Phi) is 8.39. The van der Waals surface area contributed by atoms with Gasteiger partial charge in [-0.05, 0) is 63.2 Å². The zero-order valence-electron chi connectivity index (χ0n) is 21.4. The van der Waals surface area contributed by atoms with Crippen molar-refractivity contribution in [2.75, 3.05) is 19.7 Å². The number of nitrogens with two attached hydrogens (primary N) is 1. The second-order valence-electron chi connectivity index (χ2n) is 8.97. The van der Waals surface area contributed by atoms with E-state index >= 15 is 0 Å². The van der Waals surface area contributed by atoms with E-state index in [2.05, 4.69) is 4.99 Å². The molecule has 0 unspecified atom stereocenters. The molecule has 15 heteroatoms. The molecule has 12 nitrogen and oxygen atoms in total. The second kappa shape index (κ2) is 11.3. The average Bonchev–Trinajstić information content (AvgIpc) is 3.19. The number of morpholine rings is 1. The Morgan fingerprint density at radius 3 is 2.26 bits per heavy atom. The zero-order valence-corrected chi connectivity index (χ0v) is 23.9. The Morgan fingerprint density at radius 1 is 1.05 bits per heavy atom. The number of rotatable bonds is 7. The number of fused-ring (bicyclic) bond motifs is 1. The minimum absolute atomic E-state index is 0.0371. The van der Waals surface area contributed by atoms with Crippen LogP contribution in [0.4, 0.5) is 0 Å². The van der Waals surface area contributed by atoms with Gasteiger partial charge in [0.25, 0.3) is 5.91 Å². The molecule has 2 N–H and O–H groups in total. The van der Waals surface area contributed by atoms with Gasteiger partial charge in [0.05, 0.1) is 38.8 Å². The molecule has 1 fully saturated rings. The standard InChI is InChI=1S/C24H28N4O8S3/c1-4-35-22(29)14-28-20-10-9-19(38(25,31)32)11-21(20)37-24(28)26-23(30)17-5-7-18(8-6-17)39(33,34)27-12-15(2)36-16(3)13-27/h5-11,15-16H,4,12-14H2,1-3H3,(H2,25,31,32)/t15-,16+. The third kappa shape index (κ3) is 6.45. The van der Waals surface area contributed by atoms with Gasteiger partial charge in [-0.2, -0.15) is 9.30 Å². The fourth-order valence-electron chi connectivity index (χ4n) is 4.20. The van der Waals surface area contributed by atoms with Crippen LogP contribution in [0.15, 0.2) is 57.2 Å². The minimum Gasteiger partial charge on any atom is -0.465 e. The lowest BCUT2D eigenvalue weighted by Gasteiger charge is -2.34. The first-order chi connectivity index (χ1) is 18.3.